The Hall–Kier alpha value is -2.08. The molecule has 6 nitrogen and oxygen atoms in total. The van der Waals surface area contributed by atoms with Crippen LogP contribution >= 0.6 is 11.6 Å². The number of aromatic nitrogens is 3. The van der Waals surface area contributed by atoms with Gasteiger partial charge in [0, 0.05) is 25.3 Å². The van der Waals surface area contributed by atoms with Crippen LogP contribution in [0.1, 0.15) is 42.4 Å². The maximum absolute atomic E-state index is 12.7. The predicted molar refractivity (Wildman–Crippen MR) is 94.1 cm³/mol. The summed E-state index contributed by atoms with van der Waals surface area (Å²) in [4.78, 5) is 18.8. The Morgan fingerprint density at radius 2 is 2.25 bits per heavy atom. The Balaban J connectivity index is 1.70. The lowest BCUT2D eigenvalue weighted by atomic mass is 10.0. The van der Waals surface area contributed by atoms with Gasteiger partial charge in [-0.2, -0.15) is 5.10 Å². The van der Waals surface area contributed by atoms with Gasteiger partial charge in [0.15, 0.2) is 0 Å². The fourth-order valence-electron chi connectivity index (χ4n) is 3.01. The second-order valence-corrected chi connectivity index (χ2v) is 6.60. The van der Waals surface area contributed by atoms with Crippen LogP contribution in [0, 0.1) is 0 Å². The zero-order chi connectivity index (χ0) is 17.1. The van der Waals surface area contributed by atoms with Crippen LogP contribution in [0.4, 0.5) is 5.69 Å². The molecule has 3 rings (SSSR count). The number of halogens is 1. The Bertz CT molecular complexity index is 730. The standard InChI is InChI=1S/C17H22ClN5O/c1-12-5-3-4-8-23(12)17(24)14-7-6-13(9-15(14)18)19-10-16-20-11-21-22(16)2/h6-7,9,11-12,19H,3-5,8,10H2,1-2H3. The first kappa shape index (κ1) is 16.8. The fraction of sp³-hybridized carbons (Fsp3) is 0.471. The van der Waals surface area contributed by atoms with Gasteiger partial charge < -0.3 is 10.2 Å². The lowest BCUT2D eigenvalue weighted by Crippen LogP contribution is -2.42. The first-order chi connectivity index (χ1) is 11.6. The summed E-state index contributed by atoms with van der Waals surface area (Å²) in [5.74, 6) is 0.848. The molecule has 1 aromatic heterocycles. The number of hydrogen-bond acceptors (Lipinski definition) is 4. The third kappa shape index (κ3) is 3.53. The number of rotatable bonds is 4. The first-order valence-electron chi connectivity index (χ1n) is 8.23. The third-order valence-corrected chi connectivity index (χ3v) is 4.83. The normalized spacial score (nSPS) is 17.8. The molecule has 2 aromatic rings. The number of likely N-dealkylation sites (tertiary alicyclic amines) is 1. The number of carbonyl (C=O) groups excluding carboxylic acids is 1. The number of hydrogen-bond donors (Lipinski definition) is 1. The van der Waals surface area contributed by atoms with Crippen molar-refractivity contribution in [2.75, 3.05) is 11.9 Å². The number of amides is 1. The maximum atomic E-state index is 12.7. The van der Waals surface area contributed by atoms with Crippen molar-refractivity contribution >= 4 is 23.2 Å². The SMILES string of the molecule is CC1CCCCN1C(=O)c1ccc(NCc2ncnn2C)cc1Cl. The highest BCUT2D eigenvalue weighted by Gasteiger charge is 2.25. The molecule has 0 spiro atoms. The second-order valence-electron chi connectivity index (χ2n) is 6.19. The topological polar surface area (TPSA) is 63.1 Å². The van der Waals surface area contributed by atoms with Crippen molar-refractivity contribution in [3.63, 3.8) is 0 Å². The fourth-order valence-corrected chi connectivity index (χ4v) is 3.28. The Morgan fingerprint density at radius 3 is 2.92 bits per heavy atom. The molecule has 1 aliphatic heterocycles. The lowest BCUT2D eigenvalue weighted by Gasteiger charge is -2.33. The van der Waals surface area contributed by atoms with Crippen LogP contribution in [0.3, 0.4) is 0 Å². The molecular weight excluding hydrogens is 326 g/mol. The van der Waals surface area contributed by atoms with E-state index < -0.39 is 0 Å². The summed E-state index contributed by atoms with van der Waals surface area (Å²) >= 11 is 6.36. The second kappa shape index (κ2) is 7.21. The van der Waals surface area contributed by atoms with Crippen molar-refractivity contribution < 1.29 is 4.79 Å². The van der Waals surface area contributed by atoms with Gasteiger partial charge in [0.05, 0.1) is 17.1 Å². The van der Waals surface area contributed by atoms with Crippen LogP contribution in [-0.2, 0) is 13.6 Å². The smallest absolute Gasteiger partial charge is 0.255 e. The number of nitrogens with one attached hydrogen (secondary N) is 1. The minimum absolute atomic E-state index is 0.0204. The van der Waals surface area contributed by atoms with Crippen LogP contribution in [0.5, 0.6) is 0 Å². The van der Waals surface area contributed by atoms with E-state index in [2.05, 4.69) is 22.3 Å². The highest BCUT2D eigenvalue weighted by Crippen LogP contribution is 2.26. The predicted octanol–water partition coefficient (Wildman–Crippen LogP) is 3.10. The Morgan fingerprint density at radius 1 is 1.42 bits per heavy atom. The molecule has 1 unspecified atom stereocenters. The van der Waals surface area contributed by atoms with E-state index >= 15 is 0 Å². The summed E-state index contributed by atoms with van der Waals surface area (Å²) in [5.41, 5.74) is 1.42. The number of anilines is 1. The third-order valence-electron chi connectivity index (χ3n) is 4.52. The van der Waals surface area contributed by atoms with Crippen molar-refractivity contribution in [3.05, 3.63) is 40.9 Å². The summed E-state index contributed by atoms with van der Waals surface area (Å²) in [6.45, 7) is 3.45. The zero-order valence-corrected chi connectivity index (χ0v) is 14.8. The molecule has 1 N–H and O–H groups in total. The van der Waals surface area contributed by atoms with Gasteiger partial charge in [-0.15, -0.1) is 0 Å². The van der Waals surface area contributed by atoms with Gasteiger partial charge in [0.25, 0.3) is 5.91 Å². The van der Waals surface area contributed by atoms with E-state index in [1.807, 2.05) is 18.0 Å². The highest BCUT2D eigenvalue weighted by atomic mass is 35.5. The molecule has 0 saturated carbocycles. The monoisotopic (exact) mass is 347 g/mol. The van der Waals surface area contributed by atoms with E-state index in [0.29, 0.717) is 17.1 Å². The molecule has 1 amide bonds. The molecule has 128 valence electrons. The van der Waals surface area contributed by atoms with Crippen LogP contribution in [0.25, 0.3) is 0 Å². The maximum Gasteiger partial charge on any atom is 0.255 e. The van der Waals surface area contributed by atoms with Gasteiger partial charge in [-0.3, -0.25) is 9.48 Å². The van der Waals surface area contributed by atoms with E-state index in [0.717, 1.165) is 30.9 Å². The van der Waals surface area contributed by atoms with E-state index in [1.54, 1.807) is 16.8 Å². The minimum Gasteiger partial charge on any atom is -0.378 e. The van der Waals surface area contributed by atoms with Gasteiger partial charge in [-0.25, -0.2) is 4.98 Å². The molecule has 2 heterocycles. The zero-order valence-electron chi connectivity index (χ0n) is 14.0. The molecule has 1 saturated heterocycles. The Kier molecular flexibility index (Phi) is 5.04. The number of aryl methyl sites for hydroxylation is 1. The van der Waals surface area contributed by atoms with Gasteiger partial charge >= 0.3 is 0 Å². The van der Waals surface area contributed by atoms with Crippen molar-refractivity contribution in [1.29, 1.82) is 0 Å². The molecule has 24 heavy (non-hydrogen) atoms. The van der Waals surface area contributed by atoms with Crippen molar-refractivity contribution in [2.24, 2.45) is 7.05 Å². The average molecular weight is 348 g/mol. The van der Waals surface area contributed by atoms with Gasteiger partial charge in [0.1, 0.15) is 12.2 Å². The van der Waals surface area contributed by atoms with E-state index in [-0.39, 0.29) is 11.9 Å². The number of benzene rings is 1. The number of piperidine rings is 1. The molecule has 1 fully saturated rings. The lowest BCUT2D eigenvalue weighted by molar-refractivity contribution is 0.0636. The molecule has 7 heteroatoms. The Labute approximate surface area is 146 Å². The van der Waals surface area contributed by atoms with E-state index in [9.17, 15) is 4.79 Å². The summed E-state index contributed by atoms with van der Waals surface area (Å²) in [5, 5.41) is 7.76. The number of nitrogens with zero attached hydrogens (tertiary/aromatic N) is 4. The molecule has 0 bridgehead atoms. The van der Waals surface area contributed by atoms with Crippen LogP contribution < -0.4 is 5.32 Å². The first-order valence-corrected chi connectivity index (χ1v) is 8.61. The molecular formula is C17H22ClN5O. The van der Waals surface area contributed by atoms with Gasteiger partial charge in [-0.1, -0.05) is 11.6 Å². The van der Waals surface area contributed by atoms with Crippen molar-refractivity contribution in [1.82, 2.24) is 19.7 Å². The largest absolute Gasteiger partial charge is 0.378 e. The van der Waals surface area contributed by atoms with E-state index in [1.165, 1.54) is 12.7 Å². The van der Waals surface area contributed by atoms with Crippen LogP contribution in [0.2, 0.25) is 5.02 Å². The van der Waals surface area contributed by atoms with Gasteiger partial charge in [0.2, 0.25) is 0 Å². The summed E-state index contributed by atoms with van der Waals surface area (Å²) < 4.78 is 1.71. The molecule has 1 aromatic carbocycles. The minimum atomic E-state index is 0.0204. The molecule has 1 aliphatic rings. The van der Waals surface area contributed by atoms with Crippen LogP contribution in [-0.4, -0.2) is 38.2 Å². The van der Waals surface area contributed by atoms with Gasteiger partial charge in [-0.05, 0) is 44.4 Å². The average Bonchev–Trinajstić information content (AvgIpc) is 2.98. The molecule has 0 aliphatic carbocycles. The van der Waals surface area contributed by atoms with Crippen molar-refractivity contribution in [3.8, 4) is 0 Å². The number of carbonyl (C=O) groups is 1. The summed E-state index contributed by atoms with van der Waals surface area (Å²) in [6.07, 6.45) is 4.82. The summed E-state index contributed by atoms with van der Waals surface area (Å²) in [7, 11) is 1.85. The van der Waals surface area contributed by atoms with E-state index in [4.69, 9.17) is 11.6 Å². The van der Waals surface area contributed by atoms with Crippen LogP contribution in [0.15, 0.2) is 24.5 Å². The quantitative estimate of drug-likeness (QED) is 0.923. The molecule has 1 atom stereocenters. The highest BCUT2D eigenvalue weighted by molar-refractivity contribution is 6.34. The molecule has 0 radical (unpaired) electrons. The van der Waals surface area contributed by atoms with Crippen molar-refractivity contribution in [2.45, 2.75) is 38.8 Å². The summed E-state index contributed by atoms with van der Waals surface area (Å²) in [6, 6.07) is 5.74.